The van der Waals surface area contributed by atoms with Gasteiger partial charge in [-0.25, -0.2) is 9.48 Å². The van der Waals surface area contributed by atoms with Crippen molar-refractivity contribution in [3.8, 4) is 11.4 Å². The maximum atomic E-state index is 12.8. The van der Waals surface area contributed by atoms with E-state index in [2.05, 4.69) is 10.00 Å². The maximum Gasteiger partial charge on any atom is 0.362 e. The smallest absolute Gasteiger partial charge is 0.362 e. The number of benzene rings is 2. The summed E-state index contributed by atoms with van der Waals surface area (Å²) in [6.07, 6.45) is 1.56. The molecular formula is C24H25N5O6. The number of amides is 1. The molecule has 1 amide bonds. The monoisotopic (exact) mass is 479 g/mol. The van der Waals surface area contributed by atoms with Crippen molar-refractivity contribution >= 4 is 23.3 Å². The van der Waals surface area contributed by atoms with Crippen molar-refractivity contribution < 1.29 is 24.0 Å². The predicted octanol–water partition coefficient (Wildman–Crippen LogP) is 2.68. The first kappa shape index (κ1) is 23.7. The van der Waals surface area contributed by atoms with Gasteiger partial charge in [-0.1, -0.05) is 18.2 Å². The van der Waals surface area contributed by atoms with Crippen LogP contribution in [0.15, 0.2) is 60.8 Å². The molecule has 182 valence electrons. The molecule has 0 unspecified atom stereocenters. The van der Waals surface area contributed by atoms with Crippen LogP contribution in [-0.4, -0.2) is 70.9 Å². The lowest BCUT2D eigenvalue weighted by atomic mass is 10.2. The molecule has 1 fully saturated rings. The van der Waals surface area contributed by atoms with E-state index in [-0.39, 0.29) is 36.3 Å². The molecule has 2 heterocycles. The van der Waals surface area contributed by atoms with Gasteiger partial charge in [0.15, 0.2) is 12.4 Å². The number of carbonyl (C=O) groups excluding carboxylic acids is 2. The number of esters is 1. The Morgan fingerprint density at radius 2 is 1.69 bits per heavy atom. The van der Waals surface area contributed by atoms with E-state index in [1.54, 1.807) is 30.2 Å². The zero-order valence-electron chi connectivity index (χ0n) is 19.2. The van der Waals surface area contributed by atoms with Crippen molar-refractivity contribution in [2.75, 3.05) is 44.3 Å². The Hall–Kier alpha value is -4.41. The molecule has 0 spiro atoms. The average Bonchev–Trinajstić information content (AvgIpc) is 3.32. The van der Waals surface area contributed by atoms with Crippen molar-refractivity contribution in [2.45, 2.75) is 6.92 Å². The maximum absolute atomic E-state index is 12.8. The number of nitro groups is 1. The van der Waals surface area contributed by atoms with Gasteiger partial charge in [-0.15, -0.1) is 0 Å². The highest BCUT2D eigenvalue weighted by molar-refractivity contribution is 5.90. The highest BCUT2D eigenvalue weighted by atomic mass is 16.6. The third-order valence-corrected chi connectivity index (χ3v) is 5.58. The first-order valence-electron chi connectivity index (χ1n) is 11.2. The van der Waals surface area contributed by atoms with Gasteiger partial charge in [0.1, 0.15) is 0 Å². The van der Waals surface area contributed by atoms with Gasteiger partial charge in [-0.05, 0) is 31.2 Å². The number of hydrogen-bond donors (Lipinski definition) is 0. The number of rotatable bonds is 8. The number of para-hydroxylation sites is 1. The molecule has 11 nitrogen and oxygen atoms in total. The Labute approximate surface area is 201 Å². The molecule has 0 radical (unpaired) electrons. The average molecular weight is 479 g/mol. The molecule has 0 saturated carbocycles. The van der Waals surface area contributed by atoms with Gasteiger partial charge in [0.2, 0.25) is 5.69 Å². The highest BCUT2D eigenvalue weighted by Crippen LogP contribution is 2.22. The summed E-state index contributed by atoms with van der Waals surface area (Å²) >= 11 is 0. The molecule has 1 aromatic heterocycles. The molecule has 0 N–H and O–H groups in total. The minimum Gasteiger partial charge on any atom is -0.480 e. The van der Waals surface area contributed by atoms with Crippen molar-refractivity contribution in [1.29, 1.82) is 0 Å². The van der Waals surface area contributed by atoms with E-state index in [1.165, 1.54) is 16.8 Å². The number of aromatic nitrogens is 2. The Morgan fingerprint density at radius 1 is 1.00 bits per heavy atom. The van der Waals surface area contributed by atoms with Crippen molar-refractivity contribution in [3.05, 3.63) is 76.6 Å². The predicted molar refractivity (Wildman–Crippen MR) is 127 cm³/mol. The van der Waals surface area contributed by atoms with Crippen LogP contribution < -0.4 is 9.64 Å². The van der Waals surface area contributed by atoms with Crippen LogP contribution >= 0.6 is 0 Å². The lowest BCUT2D eigenvalue weighted by Crippen LogP contribution is -2.50. The molecule has 0 atom stereocenters. The number of nitrogens with zero attached hydrogens (tertiary/aromatic N) is 5. The van der Waals surface area contributed by atoms with Gasteiger partial charge in [-0.3, -0.25) is 14.9 Å². The van der Waals surface area contributed by atoms with Crippen LogP contribution in [0.4, 0.5) is 11.4 Å². The fourth-order valence-electron chi connectivity index (χ4n) is 3.75. The second kappa shape index (κ2) is 10.7. The molecule has 1 aliphatic heterocycles. The summed E-state index contributed by atoms with van der Waals surface area (Å²) in [6, 6.07) is 15.6. The van der Waals surface area contributed by atoms with E-state index in [0.717, 1.165) is 11.4 Å². The number of hydrogen-bond acceptors (Lipinski definition) is 8. The number of non-ortho nitro benzene ring substituents is 1. The largest absolute Gasteiger partial charge is 0.480 e. The summed E-state index contributed by atoms with van der Waals surface area (Å²) in [7, 11) is 0. The number of anilines is 1. The van der Waals surface area contributed by atoms with E-state index >= 15 is 0 Å². The van der Waals surface area contributed by atoms with E-state index in [9.17, 15) is 19.7 Å². The zero-order chi connectivity index (χ0) is 24.8. The van der Waals surface area contributed by atoms with E-state index in [4.69, 9.17) is 9.47 Å². The van der Waals surface area contributed by atoms with E-state index in [0.29, 0.717) is 26.2 Å². The molecule has 0 aliphatic carbocycles. The van der Waals surface area contributed by atoms with Crippen LogP contribution in [0.3, 0.4) is 0 Å². The van der Waals surface area contributed by atoms with Crippen LogP contribution in [-0.2, 0) is 9.53 Å². The van der Waals surface area contributed by atoms with Crippen LogP contribution in [0.5, 0.6) is 5.75 Å². The van der Waals surface area contributed by atoms with Gasteiger partial charge in [-0.2, -0.15) is 5.10 Å². The molecule has 3 aromatic rings. The van der Waals surface area contributed by atoms with E-state index < -0.39 is 10.9 Å². The third kappa shape index (κ3) is 5.57. The van der Waals surface area contributed by atoms with Gasteiger partial charge >= 0.3 is 5.97 Å². The molecular weight excluding hydrogens is 454 g/mol. The Morgan fingerprint density at radius 3 is 2.31 bits per heavy atom. The summed E-state index contributed by atoms with van der Waals surface area (Å²) in [5.41, 5.74) is 1.65. The number of carbonyl (C=O) groups is 2. The normalized spacial score (nSPS) is 13.4. The summed E-state index contributed by atoms with van der Waals surface area (Å²) in [6.45, 7) is 3.78. The summed E-state index contributed by atoms with van der Waals surface area (Å²) in [4.78, 5) is 39.3. The molecule has 0 bridgehead atoms. The number of ether oxygens (including phenoxy) is 2. The van der Waals surface area contributed by atoms with Crippen molar-refractivity contribution in [2.24, 2.45) is 0 Å². The Bertz CT molecular complexity index is 1190. The zero-order valence-corrected chi connectivity index (χ0v) is 19.2. The molecule has 1 saturated heterocycles. The van der Waals surface area contributed by atoms with Gasteiger partial charge in [0.05, 0.1) is 23.4 Å². The minimum atomic E-state index is -0.624. The Kier molecular flexibility index (Phi) is 7.24. The van der Waals surface area contributed by atoms with Gasteiger partial charge in [0.25, 0.3) is 11.6 Å². The van der Waals surface area contributed by atoms with Crippen LogP contribution in [0, 0.1) is 10.1 Å². The van der Waals surface area contributed by atoms with Crippen molar-refractivity contribution in [3.63, 3.8) is 0 Å². The van der Waals surface area contributed by atoms with E-state index in [1.807, 2.05) is 30.3 Å². The van der Waals surface area contributed by atoms with Crippen LogP contribution in [0.2, 0.25) is 0 Å². The first-order chi connectivity index (χ1) is 17.0. The standard InChI is InChI=1S/C24H25N5O6/c1-2-34-24(31)23-21(16-28(25-23)19-6-4-3-5-7-19)35-17-22(30)27-14-12-26(13-15-27)18-8-10-20(11-9-18)29(32)33/h3-11,16H,2,12-15,17H2,1H3. The lowest BCUT2D eigenvalue weighted by molar-refractivity contribution is -0.384. The summed E-state index contributed by atoms with van der Waals surface area (Å²) in [5.74, 6) is -0.665. The fourth-order valence-corrected chi connectivity index (χ4v) is 3.75. The third-order valence-electron chi connectivity index (χ3n) is 5.58. The second-order valence-corrected chi connectivity index (χ2v) is 7.77. The topological polar surface area (TPSA) is 120 Å². The first-order valence-corrected chi connectivity index (χ1v) is 11.2. The van der Waals surface area contributed by atoms with Crippen LogP contribution in [0.25, 0.3) is 5.69 Å². The number of piperazine rings is 1. The molecule has 1 aliphatic rings. The molecule has 4 rings (SSSR count). The number of nitro benzene ring substituents is 1. The minimum absolute atomic E-state index is 0.00601. The summed E-state index contributed by atoms with van der Waals surface area (Å²) < 4.78 is 12.3. The van der Waals surface area contributed by atoms with Gasteiger partial charge in [0, 0.05) is 44.0 Å². The molecule has 2 aromatic carbocycles. The van der Waals surface area contributed by atoms with Crippen LogP contribution in [0.1, 0.15) is 17.4 Å². The second-order valence-electron chi connectivity index (χ2n) is 7.77. The SMILES string of the molecule is CCOC(=O)c1nn(-c2ccccc2)cc1OCC(=O)N1CCN(c2ccc([N+](=O)[O-])cc2)CC1. The lowest BCUT2D eigenvalue weighted by Gasteiger charge is -2.36. The summed E-state index contributed by atoms with van der Waals surface area (Å²) in [5, 5.41) is 15.1. The molecule has 11 heteroatoms. The Balaban J connectivity index is 1.37. The quantitative estimate of drug-likeness (QED) is 0.275. The van der Waals surface area contributed by atoms with Gasteiger partial charge < -0.3 is 19.3 Å². The van der Waals surface area contributed by atoms with Crippen molar-refractivity contribution in [1.82, 2.24) is 14.7 Å². The fraction of sp³-hybridized carbons (Fsp3) is 0.292. The molecule has 35 heavy (non-hydrogen) atoms. The highest BCUT2D eigenvalue weighted by Gasteiger charge is 2.25.